The maximum atomic E-state index is 12.1. The Kier molecular flexibility index (Phi) is 5.61. The Morgan fingerprint density at radius 2 is 1.80 bits per heavy atom. The second-order valence-electron chi connectivity index (χ2n) is 6.99. The predicted molar refractivity (Wildman–Crippen MR) is 109 cm³/mol. The van der Waals surface area contributed by atoms with Crippen molar-refractivity contribution in [1.29, 1.82) is 0 Å². The molecule has 1 aromatic heterocycles. The monoisotopic (exact) mass is 410 g/mol. The molecule has 0 aliphatic heterocycles. The van der Waals surface area contributed by atoms with E-state index in [2.05, 4.69) is 0 Å². The van der Waals surface area contributed by atoms with Gasteiger partial charge in [-0.1, -0.05) is 0 Å². The summed E-state index contributed by atoms with van der Waals surface area (Å²) in [6.07, 6.45) is 2.59. The molecule has 7 heteroatoms. The first kappa shape index (κ1) is 19.8. The van der Waals surface area contributed by atoms with Crippen LogP contribution in [-0.2, 0) is 29.0 Å². The van der Waals surface area contributed by atoms with Gasteiger partial charge in [-0.25, -0.2) is 9.59 Å². The quantitative estimate of drug-likeness (QED) is 0.436. The fraction of sp³-hybridized carbons (Fsp3) is 0.304. The predicted octanol–water partition coefficient (Wildman–Crippen LogP) is 3.42. The van der Waals surface area contributed by atoms with Crippen LogP contribution in [0.1, 0.15) is 23.1 Å². The minimum Gasteiger partial charge on any atom is -0.497 e. The van der Waals surface area contributed by atoms with Crippen LogP contribution in [0.15, 0.2) is 45.6 Å². The van der Waals surface area contributed by atoms with E-state index in [4.69, 9.17) is 23.4 Å². The summed E-state index contributed by atoms with van der Waals surface area (Å²) in [5.74, 6) is 1.14. The van der Waals surface area contributed by atoms with Crippen LogP contribution in [0, 0.1) is 0 Å². The molecular weight excluding hydrogens is 388 g/mol. The van der Waals surface area contributed by atoms with Crippen LogP contribution < -0.4 is 19.8 Å². The smallest absolute Gasteiger partial charge is 0.344 e. The van der Waals surface area contributed by atoms with Gasteiger partial charge in [0.2, 0.25) is 0 Å². The zero-order chi connectivity index (χ0) is 21.1. The Morgan fingerprint density at radius 3 is 2.60 bits per heavy atom. The molecule has 156 valence electrons. The van der Waals surface area contributed by atoms with Crippen LogP contribution in [0.2, 0.25) is 0 Å². The van der Waals surface area contributed by atoms with Gasteiger partial charge < -0.3 is 23.4 Å². The molecule has 7 nitrogen and oxygen atoms in total. The Bertz CT molecular complexity index is 1150. The average Bonchev–Trinajstić information content (AvgIpc) is 3.26. The highest BCUT2D eigenvalue weighted by Gasteiger charge is 2.19. The van der Waals surface area contributed by atoms with E-state index < -0.39 is 5.97 Å². The molecule has 0 atom stereocenters. The van der Waals surface area contributed by atoms with Crippen LogP contribution in [0.3, 0.4) is 0 Å². The fourth-order valence-electron chi connectivity index (χ4n) is 3.69. The lowest BCUT2D eigenvalue weighted by molar-refractivity contribution is -0.147. The highest BCUT2D eigenvalue weighted by atomic mass is 16.6. The first-order chi connectivity index (χ1) is 14.6. The normalized spacial score (nSPS) is 12.5. The third-order valence-corrected chi connectivity index (χ3v) is 5.18. The van der Waals surface area contributed by atoms with Gasteiger partial charge in [-0.2, -0.15) is 0 Å². The molecule has 0 saturated carbocycles. The second kappa shape index (κ2) is 8.49. The van der Waals surface area contributed by atoms with E-state index in [0.717, 1.165) is 35.8 Å². The van der Waals surface area contributed by atoms with Crippen molar-refractivity contribution in [3.05, 3.63) is 63.5 Å². The molecule has 1 heterocycles. The van der Waals surface area contributed by atoms with Gasteiger partial charge in [-0.15, -0.1) is 0 Å². The van der Waals surface area contributed by atoms with Crippen molar-refractivity contribution in [2.75, 3.05) is 20.8 Å². The van der Waals surface area contributed by atoms with E-state index in [9.17, 15) is 9.59 Å². The van der Waals surface area contributed by atoms with Crippen LogP contribution in [-0.4, -0.2) is 26.8 Å². The molecule has 1 aliphatic rings. The SMILES string of the molecule is COc1ccc(OC)c(COC(=O)COc2ccc3c4c(c(=O)oc3c2)CCC4)c1. The summed E-state index contributed by atoms with van der Waals surface area (Å²) >= 11 is 0. The number of aryl methyl sites for hydroxylation is 1. The molecule has 4 rings (SSSR count). The first-order valence-corrected chi connectivity index (χ1v) is 9.67. The number of rotatable bonds is 7. The molecule has 2 aromatic carbocycles. The van der Waals surface area contributed by atoms with Gasteiger partial charge in [0.25, 0.3) is 0 Å². The molecule has 0 spiro atoms. The van der Waals surface area contributed by atoms with Gasteiger partial charge in [0.05, 0.1) is 14.2 Å². The van der Waals surface area contributed by atoms with Crippen molar-refractivity contribution in [2.45, 2.75) is 25.9 Å². The lowest BCUT2D eigenvalue weighted by Gasteiger charge is -2.12. The van der Waals surface area contributed by atoms with E-state index in [1.54, 1.807) is 44.6 Å². The van der Waals surface area contributed by atoms with Crippen LogP contribution in [0.4, 0.5) is 0 Å². The zero-order valence-electron chi connectivity index (χ0n) is 16.9. The standard InChI is InChI=1S/C23H22O7/c1-26-15-7-9-20(27-2)14(10-15)12-29-22(24)13-28-16-6-8-18-17-4-3-5-19(17)23(25)30-21(18)11-16/h6-11H,3-5,12-13H2,1-2H3. The zero-order valence-corrected chi connectivity index (χ0v) is 16.9. The van der Waals surface area contributed by atoms with Crippen molar-refractivity contribution in [2.24, 2.45) is 0 Å². The summed E-state index contributed by atoms with van der Waals surface area (Å²) in [6, 6.07) is 10.5. The topological polar surface area (TPSA) is 84.2 Å². The Hall–Kier alpha value is -3.48. The molecule has 0 N–H and O–H groups in total. The van der Waals surface area contributed by atoms with Crippen LogP contribution in [0.5, 0.6) is 17.2 Å². The summed E-state index contributed by atoms with van der Waals surface area (Å²) in [4.78, 5) is 24.2. The number of benzene rings is 2. The number of hydrogen-bond acceptors (Lipinski definition) is 7. The van der Waals surface area contributed by atoms with Gasteiger partial charge in [0, 0.05) is 22.6 Å². The third-order valence-electron chi connectivity index (χ3n) is 5.18. The third kappa shape index (κ3) is 3.96. The summed E-state index contributed by atoms with van der Waals surface area (Å²) < 4.78 is 26.7. The molecule has 3 aromatic rings. The maximum absolute atomic E-state index is 12.1. The lowest BCUT2D eigenvalue weighted by atomic mass is 10.1. The Morgan fingerprint density at radius 1 is 1.00 bits per heavy atom. The number of carbonyl (C=O) groups excluding carboxylic acids is 1. The van der Waals surface area contributed by atoms with Crippen molar-refractivity contribution in [1.82, 2.24) is 0 Å². The lowest BCUT2D eigenvalue weighted by Crippen LogP contribution is -2.15. The molecule has 0 radical (unpaired) electrons. The van der Waals surface area contributed by atoms with E-state index in [0.29, 0.717) is 28.4 Å². The Balaban J connectivity index is 1.40. The second-order valence-corrected chi connectivity index (χ2v) is 6.99. The first-order valence-electron chi connectivity index (χ1n) is 9.67. The number of methoxy groups -OCH3 is 2. The molecule has 0 unspecified atom stereocenters. The molecular formula is C23H22O7. The van der Waals surface area contributed by atoms with E-state index >= 15 is 0 Å². The van der Waals surface area contributed by atoms with Gasteiger partial charge >= 0.3 is 11.6 Å². The van der Waals surface area contributed by atoms with E-state index in [-0.39, 0.29) is 18.8 Å². The maximum Gasteiger partial charge on any atom is 0.344 e. The minimum absolute atomic E-state index is 0.0291. The van der Waals surface area contributed by atoms with Crippen molar-refractivity contribution in [3.8, 4) is 17.2 Å². The number of carbonyl (C=O) groups is 1. The van der Waals surface area contributed by atoms with Crippen LogP contribution >= 0.6 is 0 Å². The number of hydrogen-bond donors (Lipinski definition) is 0. The van der Waals surface area contributed by atoms with Crippen LogP contribution in [0.25, 0.3) is 11.0 Å². The van der Waals surface area contributed by atoms with E-state index in [1.807, 2.05) is 6.07 Å². The fourth-order valence-corrected chi connectivity index (χ4v) is 3.69. The number of esters is 1. The summed E-state index contributed by atoms with van der Waals surface area (Å²) in [7, 11) is 3.11. The number of fused-ring (bicyclic) bond motifs is 3. The van der Waals surface area contributed by atoms with E-state index in [1.165, 1.54) is 0 Å². The summed E-state index contributed by atoms with van der Waals surface area (Å²) in [5, 5.41) is 0.919. The summed E-state index contributed by atoms with van der Waals surface area (Å²) in [5.41, 5.74) is 2.69. The molecule has 30 heavy (non-hydrogen) atoms. The molecule has 0 bridgehead atoms. The number of ether oxygens (including phenoxy) is 4. The van der Waals surface area contributed by atoms with Gasteiger partial charge in [-0.3, -0.25) is 0 Å². The summed E-state index contributed by atoms with van der Waals surface area (Å²) in [6.45, 7) is -0.242. The van der Waals surface area contributed by atoms with Crippen molar-refractivity contribution in [3.63, 3.8) is 0 Å². The molecule has 0 saturated heterocycles. The van der Waals surface area contributed by atoms with Crippen molar-refractivity contribution < 1.29 is 28.2 Å². The largest absolute Gasteiger partial charge is 0.497 e. The van der Waals surface area contributed by atoms with Gasteiger partial charge in [0.15, 0.2) is 6.61 Å². The van der Waals surface area contributed by atoms with Gasteiger partial charge in [-0.05, 0) is 55.2 Å². The molecule has 1 aliphatic carbocycles. The van der Waals surface area contributed by atoms with Crippen molar-refractivity contribution >= 4 is 16.9 Å². The minimum atomic E-state index is -0.532. The Labute approximate surface area is 173 Å². The van der Waals surface area contributed by atoms with Gasteiger partial charge in [0.1, 0.15) is 29.4 Å². The highest BCUT2D eigenvalue weighted by molar-refractivity contribution is 5.83. The average molecular weight is 410 g/mol. The highest BCUT2D eigenvalue weighted by Crippen LogP contribution is 2.29. The molecule has 0 amide bonds. The molecule has 0 fully saturated rings.